The lowest BCUT2D eigenvalue weighted by molar-refractivity contribution is -0.274. The second-order valence-electron chi connectivity index (χ2n) is 9.09. The fourth-order valence-electron chi connectivity index (χ4n) is 4.46. The summed E-state index contributed by atoms with van der Waals surface area (Å²) < 4.78 is 47.6. The fourth-order valence-corrected chi connectivity index (χ4v) is 4.46. The number of carbonyl (C=O) groups is 2. The molecule has 2 heterocycles. The number of Topliss-reactive ketones (excluding diaryl/α,β-unsaturated/α-hetero) is 1. The molecule has 0 aromatic heterocycles. The van der Waals surface area contributed by atoms with Crippen LogP contribution < -0.4 is 4.74 Å². The molecule has 2 aliphatic heterocycles. The molecule has 0 aliphatic carbocycles. The number of hydrogen-bond donors (Lipinski definition) is 0. The van der Waals surface area contributed by atoms with Crippen molar-refractivity contribution >= 4 is 11.9 Å². The Kier molecular flexibility index (Phi) is 6.34. The predicted octanol–water partition coefficient (Wildman–Crippen LogP) is 5.27. The van der Waals surface area contributed by atoms with Gasteiger partial charge in [0.15, 0.2) is 0 Å². The number of benzene rings is 1. The van der Waals surface area contributed by atoms with Crippen LogP contribution in [0.2, 0.25) is 0 Å². The quantitative estimate of drug-likeness (QED) is 0.657. The second kappa shape index (κ2) is 8.47. The normalized spacial score (nSPS) is 24.3. The van der Waals surface area contributed by atoms with Crippen LogP contribution in [0.25, 0.3) is 0 Å². The van der Waals surface area contributed by atoms with Crippen molar-refractivity contribution < 1.29 is 32.2 Å². The molecule has 2 atom stereocenters. The number of hydrogen-bond acceptors (Lipinski definition) is 4. The molecule has 8 heteroatoms. The number of nitrogens with zero attached hydrogens (tertiary/aromatic N) is 1. The lowest BCUT2D eigenvalue weighted by Gasteiger charge is -2.48. The zero-order valence-electron chi connectivity index (χ0n) is 17.5. The van der Waals surface area contributed by atoms with E-state index in [1.807, 2.05) is 20.8 Å². The topological polar surface area (TPSA) is 55.8 Å². The third-order valence-electron chi connectivity index (χ3n) is 5.60. The molecule has 0 radical (unpaired) electrons. The minimum Gasteiger partial charge on any atom is -0.444 e. The molecule has 1 amide bonds. The van der Waals surface area contributed by atoms with E-state index in [2.05, 4.69) is 4.74 Å². The highest BCUT2D eigenvalue weighted by Crippen LogP contribution is 2.39. The summed E-state index contributed by atoms with van der Waals surface area (Å²) >= 11 is 0. The van der Waals surface area contributed by atoms with E-state index in [9.17, 15) is 22.8 Å². The van der Waals surface area contributed by atoms with Gasteiger partial charge in [0.2, 0.25) is 0 Å². The molecule has 2 bridgehead atoms. The molecular weight excluding hydrogens is 399 g/mol. The minimum atomic E-state index is -4.81. The largest absolute Gasteiger partial charge is 0.573 e. The van der Waals surface area contributed by atoms with Gasteiger partial charge in [-0.15, -0.1) is 13.2 Å². The van der Waals surface area contributed by atoms with Gasteiger partial charge in [-0.25, -0.2) is 4.79 Å². The number of alkyl halides is 3. The number of para-hydroxylation sites is 1. The van der Waals surface area contributed by atoms with Crippen molar-refractivity contribution in [3.63, 3.8) is 0 Å². The molecule has 2 aliphatic rings. The van der Waals surface area contributed by atoms with Crippen LogP contribution >= 0.6 is 0 Å². The van der Waals surface area contributed by atoms with E-state index >= 15 is 0 Å². The maximum absolute atomic E-state index is 13.0. The minimum absolute atomic E-state index is 0.0806. The van der Waals surface area contributed by atoms with Gasteiger partial charge in [-0.3, -0.25) is 4.79 Å². The van der Waals surface area contributed by atoms with E-state index in [1.54, 1.807) is 11.0 Å². The number of amides is 1. The number of ketones is 1. The summed E-state index contributed by atoms with van der Waals surface area (Å²) in [7, 11) is 0. The Hall–Kier alpha value is -2.25. The maximum Gasteiger partial charge on any atom is 0.573 e. The summed E-state index contributed by atoms with van der Waals surface area (Å²) in [6, 6.07) is 5.57. The maximum atomic E-state index is 13.0. The molecular formula is C22H28F3NO4. The van der Waals surface area contributed by atoms with E-state index in [-0.39, 0.29) is 47.6 Å². The third-order valence-corrected chi connectivity index (χ3v) is 5.60. The van der Waals surface area contributed by atoms with Gasteiger partial charge in [-0.05, 0) is 58.9 Å². The van der Waals surface area contributed by atoms with Crippen LogP contribution in [0.15, 0.2) is 24.3 Å². The zero-order chi connectivity index (χ0) is 22.1. The Balaban J connectivity index is 1.69. The lowest BCUT2D eigenvalue weighted by atomic mass is 9.76. The van der Waals surface area contributed by atoms with E-state index in [1.165, 1.54) is 18.2 Å². The first-order chi connectivity index (χ1) is 13.9. The first-order valence-electron chi connectivity index (χ1n) is 10.3. The van der Waals surface area contributed by atoms with Crippen molar-refractivity contribution in [2.45, 2.75) is 83.3 Å². The molecule has 1 aromatic carbocycles. The molecule has 0 spiro atoms. The van der Waals surface area contributed by atoms with Gasteiger partial charge in [0.05, 0.1) is 0 Å². The first kappa shape index (κ1) is 22.4. The van der Waals surface area contributed by atoms with Gasteiger partial charge < -0.3 is 14.4 Å². The summed E-state index contributed by atoms with van der Waals surface area (Å²) in [5.74, 6) is -0.753. The van der Waals surface area contributed by atoms with E-state index in [4.69, 9.17) is 4.74 Å². The fraction of sp³-hybridized carbons (Fsp3) is 0.636. The van der Waals surface area contributed by atoms with Crippen LogP contribution in [0.4, 0.5) is 18.0 Å². The molecule has 0 saturated carbocycles. The van der Waals surface area contributed by atoms with Crippen LogP contribution in [0, 0.1) is 5.92 Å². The van der Waals surface area contributed by atoms with Crippen LogP contribution in [-0.4, -0.2) is 40.8 Å². The van der Waals surface area contributed by atoms with Crippen molar-refractivity contribution in [3.05, 3.63) is 29.8 Å². The number of halogens is 3. The predicted molar refractivity (Wildman–Crippen MR) is 104 cm³/mol. The SMILES string of the molecule is CC(C)(C)OC(=O)N1C2CCCC1CC(C(=O)Cc1ccccc1OC(F)(F)F)C2. The average molecular weight is 427 g/mol. The van der Waals surface area contributed by atoms with Crippen LogP contribution in [-0.2, 0) is 16.0 Å². The molecule has 2 unspecified atom stereocenters. The summed E-state index contributed by atoms with van der Waals surface area (Å²) in [5.41, 5.74) is -0.375. The summed E-state index contributed by atoms with van der Waals surface area (Å²) in [6.45, 7) is 5.45. The molecule has 30 heavy (non-hydrogen) atoms. The Bertz CT molecular complexity index is 773. The number of carbonyl (C=O) groups excluding carboxylic acids is 2. The zero-order valence-corrected chi connectivity index (χ0v) is 17.5. The van der Waals surface area contributed by atoms with Gasteiger partial charge in [0.25, 0.3) is 0 Å². The second-order valence-corrected chi connectivity index (χ2v) is 9.09. The van der Waals surface area contributed by atoms with Crippen LogP contribution in [0.5, 0.6) is 5.75 Å². The molecule has 1 aromatic rings. The van der Waals surface area contributed by atoms with Gasteiger partial charge >= 0.3 is 12.5 Å². The first-order valence-corrected chi connectivity index (χ1v) is 10.3. The number of piperidine rings is 2. The highest BCUT2D eigenvalue weighted by Gasteiger charge is 2.44. The molecule has 2 fully saturated rings. The highest BCUT2D eigenvalue weighted by molar-refractivity contribution is 5.84. The average Bonchev–Trinajstić information content (AvgIpc) is 2.59. The van der Waals surface area contributed by atoms with Gasteiger partial charge in [0, 0.05) is 30.0 Å². The van der Waals surface area contributed by atoms with Crippen molar-refractivity contribution in [3.8, 4) is 5.75 Å². The highest BCUT2D eigenvalue weighted by atomic mass is 19.4. The number of fused-ring (bicyclic) bond motifs is 2. The van der Waals surface area contributed by atoms with Crippen molar-refractivity contribution in [1.82, 2.24) is 4.90 Å². The van der Waals surface area contributed by atoms with Crippen molar-refractivity contribution in [2.75, 3.05) is 0 Å². The molecule has 166 valence electrons. The van der Waals surface area contributed by atoms with Crippen LogP contribution in [0.1, 0.15) is 58.4 Å². The van der Waals surface area contributed by atoms with Crippen molar-refractivity contribution in [1.29, 1.82) is 0 Å². The van der Waals surface area contributed by atoms with E-state index < -0.39 is 12.0 Å². The van der Waals surface area contributed by atoms with E-state index in [0.29, 0.717) is 12.8 Å². The summed E-state index contributed by atoms with van der Waals surface area (Å²) in [6.07, 6.45) is -1.68. The monoisotopic (exact) mass is 427 g/mol. The smallest absolute Gasteiger partial charge is 0.444 e. The standard InChI is InChI=1S/C22H28F3NO4/c1-21(2,3)30-20(28)26-16-8-6-9-17(26)12-15(11-16)18(27)13-14-7-4-5-10-19(14)29-22(23,24)25/h4-5,7,10,15-17H,6,8-9,11-13H2,1-3H3. The van der Waals surface area contributed by atoms with E-state index in [0.717, 1.165) is 19.3 Å². The number of ether oxygens (including phenoxy) is 2. The Labute approximate surface area is 174 Å². The Morgan fingerprint density at radius 1 is 1.07 bits per heavy atom. The molecule has 5 nitrogen and oxygen atoms in total. The van der Waals surface area contributed by atoms with Gasteiger partial charge in [-0.1, -0.05) is 18.2 Å². The Morgan fingerprint density at radius 3 is 2.23 bits per heavy atom. The van der Waals surface area contributed by atoms with Crippen molar-refractivity contribution in [2.24, 2.45) is 5.92 Å². The Morgan fingerprint density at radius 2 is 1.67 bits per heavy atom. The number of rotatable bonds is 4. The lowest BCUT2D eigenvalue weighted by Crippen LogP contribution is -2.56. The van der Waals surface area contributed by atoms with Crippen LogP contribution in [0.3, 0.4) is 0 Å². The molecule has 0 N–H and O–H groups in total. The van der Waals surface area contributed by atoms with Gasteiger partial charge in [0.1, 0.15) is 17.1 Å². The molecule has 2 saturated heterocycles. The molecule has 3 rings (SSSR count). The third kappa shape index (κ3) is 5.67. The van der Waals surface area contributed by atoms with Gasteiger partial charge in [-0.2, -0.15) is 0 Å². The summed E-state index contributed by atoms with van der Waals surface area (Å²) in [4.78, 5) is 27.4. The summed E-state index contributed by atoms with van der Waals surface area (Å²) in [5, 5.41) is 0.